The summed E-state index contributed by atoms with van der Waals surface area (Å²) < 4.78 is 0. The highest BCUT2D eigenvalue weighted by molar-refractivity contribution is 5.72. The number of carbonyl (C=O) groups excluding carboxylic acids is 1. The van der Waals surface area contributed by atoms with Gasteiger partial charge >= 0.3 is 6.03 Å². The van der Waals surface area contributed by atoms with E-state index < -0.39 is 0 Å². The fraction of sp³-hybridized carbons (Fsp3) is 0.900. The maximum absolute atomic E-state index is 11.2. The number of rotatable bonds is 0. The van der Waals surface area contributed by atoms with Gasteiger partial charge in [0.2, 0.25) is 0 Å². The highest BCUT2D eigenvalue weighted by atomic mass is 16.2. The third-order valence-corrected chi connectivity index (χ3v) is 3.47. The van der Waals surface area contributed by atoms with Crippen LogP contribution >= 0.6 is 0 Å². The minimum absolute atomic E-state index is 0.261. The fourth-order valence-electron chi connectivity index (χ4n) is 2.66. The number of nitrogens with zero attached hydrogens (tertiary/aromatic N) is 2. The lowest BCUT2D eigenvalue weighted by Gasteiger charge is -2.46. The van der Waals surface area contributed by atoms with Crippen LogP contribution in [0.4, 0.5) is 4.79 Å². The van der Waals surface area contributed by atoms with Crippen molar-refractivity contribution < 1.29 is 4.79 Å². The first-order valence-corrected chi connectivity index (χ1v) is 5.48. The number of piperidine rings is 1. The summed E-state index contributed by atoms with van der Waals surface area (Å²) in [4.78, 5) is 15.5. The normalized spacial score (nSPS) is 33.9. The molecule has 0 aromatic carbocycles. The molecule has 0 aliphatic carbocycles. The average Bonchev–Trinajstić information content (AvgIpc) is 2.16. The number of fused-ring (bicyclic) bond motifs is 1. The molecule has 0 spiro atoms. The van der Waals surface area contributed by atoms with E-state index >= 15 is 0 Å². The molecule has 2 fully saturated rings. The molecular formula is C10H19N3O. The number of urea groups is 1. The van der Waals surface area contributed by atoms with Gasteiger partial charge in [0.1, 0.15) is 0 Å². The zero-order valence-electron chi connectivity index (χ0n) is 8.78. The van der Waals surface area contributed by atoms with E-state index in [1.165, 1.54) is 25.8 Å². The maximum atomic E-state index is 11.2. The molecule has 2 saturated heterocycles. The number of carbonyl (C=O) groups is 1. The third kappa shape index (κ3) is 1.71. The predicted octanol–water partition coefficient (Wildman–Crippen LogP) is 0.624. The van der Waals surface area contributed by atoms with Crippen LogP contribution in [0.3, 0.4) is 0 Å². The van der Waals surface area contributed by atoms with Gasteiger partial charge in [-0.25, -0.2) is 4.79 Å². The first kappa shape index (κ1) is 9.77. The lowest BCUT2D eigenvalue weighted by Crippen LogP contribution is -2.61. The maximum Gasteiger partial charge on any atom is 0.315 e. The second-order valence-corrected chi connectivity index (χ2v) is 4.48. The van der Waals surface area contributed by atoms with Gasteiger partial charge in [-0.1, -0.05) is 6.42 Å². The summed E-state index contributed by atoms with van der Waals surface area (Å²) in [5.74, 6) is 0. The first-order valence-electron chi connectivity index (χ1n) is 5.48. The Labute approximate surface area is 85.0 Å². The van der Waals surface area contributed by atoms with Crippen LogP contribution in [-0.2, 0) is 0 Å². The minimum Gasteiger partial charge on any atom is -0.351 e. The summed E-state index contributed by atoms with van der Waals surface area (Å²) in [5.41, 5.74) is 5.35. The van der Waals surface area contributed by atoms with Gasteiger partial charge in [0.15, 0.2) is 0 Å². The van der Waals surface area contributed by atoms with Crippen molar-refractivity contribution in [2.75, 3.05) is 19.6 Å². The molecule has 4 nitrogen and oxygen atoms in total. The lowest BCUT2D eigenvalue weighted by molar-refractivity contribution is 0.0369. The number of primary amides is 1. The van der Waals surface area contributed by atoms with Crippen molar-refractivity contribution >= 4 is 6.03 Å². The molecule has 2 rings (SSSR count). The van der Waals surface area contributed by atoms with Gasteiger partial charge in [0.05, 0.1) is 0 Å². The smallest absolute Gasteiger partial charge is 0.315 e. The molecule has 2 amide bonds. The Morgan fingerprint density at radius 3 is 2.86 bits per heavy atom. The van der Waals surface area contributed by atoms with Crippen LogP contribution in [0.1, 0.15) is 26.2 Å². The highest BCUT2D eigenvalue weighted by Gasteiger charge is 2.34. The van der Waals surface area contributed by atoms with Gasteiger partial charge in [0.25, 0.3) is 0 Å². The molecule has 2 aliphatic heterocycles. The van der Waals surface area contributed by atoms with Crippen LogP contribution < -0.4 is 5.73 Å². The van der Waals surface area contributed by atoms with Gasteiger partial charge in [-0.15, -0.1) is 0 Å². The van der Waals surface area contributed by atoms with Crippen molar-refractivity contribution in [1.82, 2.24) is 9.80 Å². The fourth-order valence-corrected chi connectivity index (χ4v) is 2.66. The monoisotopic (exact) mass is 197 g/mol. The van der Waals surface area contributed by atoms with Crippen LogP contribution in [0.25, 0.3) is 0 Å². The van der Waals surface area contributed by atoms with Crippen LogP contribution in [0.5, 0.6) is 0 Å². The SMILES string of the molecule is CC1CN2CCCCC2CN1C(N)=O. The van der Waals surface area contributed by atoms with E-state index in [0.717, 1.165) is 13.1 Å². The van der Waals surface area contributed by atoms with E-state index in [2.05, 4.69) is 11.8 Å². The minimum atomic E-state index is -0.261. The molecule has 0 bridgehead atoms. The summed E-state index contributed by atoms with van der Waals surface area (Å²) in [6.45, 7) is 5.10. The van der Waals surface area contributed by atoms with E-state index in [4.69, 9.17) is 5.73 Å². The Balaban J connectivity index is 2.03. The number of hydrogen-bond donors (Lipinski definition) is 1. The molecule has 2 aliphatic rings. The Morgan fingerprint density at radius 1 is 1.36 bits per heavy atom. The summed E-state index contributed by atoms with van der Waals surface area (Å²) in [7, 11) is 0. The van der Waals surface area contributed by atoms with Crippen molar-refractivity contribution in [2.24, 2.45) is 5.73 Å². The molecule has 14 heavy (non-hydrogen) atoms. The molecule has 4 heteroatoms. The quantitative estimate of drug-likeness (QED) is 0.619. The topological polar surface area (TPSA) is 49.6 Å². The van der Waals surface area contributed by atoms with Gasteiger partial charge in [0, 0.05) is 25.2 Å². The summed E-state index contributed by atoms with van der Waals surface area (Å²) >= 11 is 0. The molecule has 80 valence electrons. The Bertz CT molecular complexity index is 231. The van der Waals surface area contributed by atoms with Gasteiger partial charge in [-0.05, 0) is 26.3 Å². The van der Waals surface area contributed by atoms with Crippen molar-refractivity contribution in [1.29, 1.82) is 0 Å². The first-order chi connectivity index (χ1) is 6.68. The summed E-state index contributed by atoms with van der Waals surface area (Å²) in [5, 5.41) is 0. The van der Waals surface area contributed by atoms with Crippen molar-refractivity contribution in [2.45, 2.75) is 38.3 Å². The largest absolute Gasteiger partial charge is 0.351 e. The van der Waals surface area contributed by atoms with Crippen molar-refractivity contribution in [3.63, 3.8) is 0 Å². The van der Waals surface area contributed by atoms with Crippen LogP contribution in [-0.4, -0.2) is 47.5 Å². The third-order valence-electron chi connectivity index (χ3n) is 3.47. The molecule has 2 atom stereocenters. The lowest BCUT2D eigenvalue weighted by atomic mass is 9.97. The van der Waals surface area contributed by atoms with E-state index in [9.17, 15) is 4.79 Å². The van der Waals surface area contributed by atoms with Crippen molar-refractivity contribution in [3.8, 4) is 0 Å². The Hall–Kier alpha value is -0.770. The molecule has 0 aromatic rings. The Kier molecular flexibility index (Phi) is 2.63. The van der Waals surface area contributed by atoms with E-state index in [-0.39, 0.29) is 12.1 Å². The van der Waals surface area contributed by atoms with E-state index in [1.807, 2.05) is 4.90 Å². The van der Waals surface area contributed by atoms with Crippen LogP contribution in [0.15, 0.2) is 0 Å². The molecule has 2 unspecified atom stereocenters. The zero-order valence-corrected chi connectivity index (χ0v) is 8.78. The summed E-state index contributed by atoms with van der Waals surface area (Å²) in [6, 6.07) is 0.581. The van der Waals surface area contributed by atoms with Crippen LogP contribution in [0.2, 0.25) is 0 Å². The Morgan fingerprint density at radius 2 is 2.14 bits per heavy atom. The highest BCUT2D eigenvalue weighted by Crippen LogP contribution is 2.23. The van der Waals surface area contributed by atoms with E-state index in [1.54, 1.807) is 0 Å². The predicted molar refractivity (Wildman–Crippen MR) is 55.0 cm³/mol. The molecule has 0 radical (unpaired) electrons. The molecule has 0 aromatic heterocycles. The van der Waals surface area contributed by atoms with Crippen LogP contribution in [0, 0.1) is 0 Å². The number of nitrogens with two attached hydrogens (primary N) is 1. The van der Waals surface area contributed by atoms with Crippen molar-refractivity contribution in [3.05, 3.63) is 0 Å². The zero-order chi connectivity index (χ0) is 10.1. The van der Waals surface area contributed by atoms with Gasteiger partial charge < -0.3 is 10.6 Å². The number of hydrogen-bond acceptors (Lipinski definition) is 2. The van der Waals surface area contributed by atoms with Gasteiger partial charge in [-0.2, -0.15) is 0 Å². The van der Waals surface area contributed by atoms with E-state index in [0.29, 0.717) is 6.04 Å². The molecule has 2 heterocycles. The standard InChI is InChI=1S/C10H19N3O/c1-8-6-12-5-3-2-4-9(12)7-13(8)10(11)14/h8-9H,2-7H2,1H3,(H2,11,14). The molecule has 0 saturated carbocycles. The second kappa shape index (κ2) is 3.77. The second-order valence-electron chi connectivity index (χ2n) is 4.48. The molecular weight excluding hydrogens is 178 g/mol. The van der Waals surface area contributed by atoms with Gasteiger partial charge in [-0.3, -0.25) is 4.90 Å². The number of piperazine rings is 1. The average molecular weight is 197 g/mol. The molecule has 2 N–H and O–H groups in total. The summed E-state index contributed by atoms with van der Waals surface area (Å²) in [6.07, 6.45) is 3.82. The number of amides is 2.